The number of imide groups is 1. The molecule has 2 aromatic rings. The highest BCUT2D eigenvalue weighted by Gasteiger charge is 2.29. The van der Waals surface area contributed by atoms with Crippen LogP contribution in [-0.4, -0.2) is 40.7 Å². The summed E-state index contributed by atoms with van der Waals surface area (Å²) >= 11 is 0. The molecule has 1 aliphatic rings. The summed E-state index contributed by atoms with van der Waals surface area (Å²) in [7, 11) is 1.55. The zero-order valence-electron chi connectivity index (χ0n) is 14.8. The normalized spacial score (nSPS) is 16.6. The zero-order chi connectivity index (χ0) is 19.6. The van der Waals surface area contributed by atoms with Gasteiger partial charge in [-0.25, -0.2) is 4.68 Å². The third-order valence-corrected chi connectivity index (χ3v) is 4.18. The first-order chi connectivity index (χ1) is 12.9. The molecule has 1 unspecified atom stereocenters. The lowest BCUT2D eigenvalue weighted by atomic mass is 10.1. The lowest BCUT2D eigenvalue weighted by Gasteiger charge is -2.21. The van der Waals surface area contributed by atoms with Crippen LogP contribution in [0.5, 0.6) is 5.75 Å². The summed E-state index contributed by atoms with van der Waals surface area (Å²) in [6.07, 6.45) is 0.295. The molecule has 3 rings (SSSR count). The first-order valence-electron chi connectivity index (χ1n) is 8.29. The minimum atomic E-state index is -0.882. The number of aryl methyl sites for hydroxylation is 1. The highest BCUT2D eigenvalue weighted by atomic mass is 16.5. The van der Waals surface area contributed by atoms with Crippen molar-refractivity contribution >= 4 is 17.7 Å². The molecule has 140 valence electrons. The quantitative estimate of drug-likeness (QED) is 0.736. The monoisotopic (exact) mass is 370 g/mol. The van der Waals surface area contributed by atoms with Crippen molar-refractivity contribution in [1.29, 1.82) is 0 Å². The van der Waals surface area contributed by atoms with Crippen LogP contribution in [0.2, 0.25) is 0 Å². The number of carbonyl (C=O) groups excluding carboxylic acids is 3. The predicted octanol–water partition coefficient (Wildman–Crippen LogP) is 0.0845. The van der Waals surface area contributed by atoms with Gasteiger partial charge in [0.25, 0.3) is 5.91 Å². The molecule has 0 bridgehead atoms. The minimum Gasteiger partial charge on any atom is -0.497 e. The fraction of sp³-hybridized carbons (Fsp3) is 0.278. The van der Waals surface area contributed by atoms with Gasteiger partial charge < -0.3 is 10.1 Å². The van der Waals surface area contributed by atoms with Gasteiger partial charge in [0.15, 0.2) is 5.69 Å². The van der Waals surface area contributed by atoms with Gasteiger partial charge in [-0.2, -0.15) is 5.10 Å². The summed E-state index contributed by atoms with van der Waals surface area (Å²) in [5.41, 5.74) is 0.300. The molecule has 1 aliphatic heterocycles. The molecule has 27 heavy (non-hydrogen) atoms. The van der Waals surface area contributed by atoms with Crippen molar-refractivity contribution in [2.75, 3.05) is 7.11 Å². The first kappa shape index (κ1) is 18.3. The highest BCUT2D eigenvalue weighted by molar-refractivity contribution is 6.03. The summed E-state index contributed by atoms with van der Waals surface area (Å²) in [4.78, 5) is 47.7. The standard InChI is InChI=1S/C18H18N4O5/c1-10-9-14(23)16(18(26)19-13-7-8-15(24)20-17(13)25)21-22(10)11-3-5-12(27-2)6-4-11/h3-6,9,13H,7-8H2,1-2H3,(H,19,26)(H,20,24,25). The Kier molecular flexibility index (Phi) is 5.02. The van der Waals surface area contributed by atoms with Gasteiger partial charge in [-0.1, -0.05) is 0 Å². The molecule has 9 nitrogen and oxygen atoms in total. The number of hydrogen-bond acceptors (Lipinski definition) is 6. The number of nitrogens with one attached hydrogen (secondary N) is 2. The number of methoxy groups -OCH3 is 1. The fourth-order valence-electron chi connectivity index (χ4n) is 2.75. The first-order valence-corrected chi connectivity index (χ1v) is 8.29. The Morgan fingerprint density at radius 3 is 2.59 bits per heavy atom. The molecule has 0 spiro atoms. The topological polar surface area (TPSA) is 119 Å². The van der Waals surface area contributed by atoms with Crippen molar-refractivity contribution in [1.82, 2.24) is 20.4 Å². The van der Waals surface area contributed by atoms with Crippen molar-refractivity contribution in [2.45, 2.75) is 25.8 Å². The number of nitrogens with zero attached hydrogens (tertiary/aromatic N) is 2. The van der Waals surface area contributed by atoms with Crippen LogP contribution in [0.3, 0.4) is 0 Å². The maximum atomic E-state index is 12.5. The zero-order valence-corrected chi connectivity index (χ0v) is 14.8. The number of piperidine rings is 1. The van der Waals surface area contributed by atoms with Crippen LogP contribution in [0.1, 0.15) is 29.0 Å². The highest BCUT2D eigenvalue weighted by Crippen LogP contribution is 2.15. The number of amides is 3. The Hall–Kier alpha value is -3.49. The van der Waals surface area contributed by atoms with E-state index in [2.05, 4.69) is 15.7 Å². The Bertz CT molecular complexity index is 965. The van der Waals surface area contributed by atoms with Crippen LogP contribution in [-0.2, 0) is 9.59 Å². The molecule has 0 saturated carbocycles. The summed E-state index contributed by atoms with van der Waals surface area (Å²) < 4.78 is 6.57. The van der Waals surface area contributed by atoms with Crippen molar-refractivity contribution in [3.05, 3.63) is 51.9 Å². The van der Waals surface area contributed by atoms with E-state index in [0.717, 1.165) is 0 Å². The molecule has 1 fully saturated rings. The van der Waals surface area contributed by atoms with Gasteiger partial charge in [0, 0.05) is 18.2 Å². The molecule has 2 N–H and O–H groups in total. The third-order valence-electron chi connectivity index (χ3n) is 4.18. The Labute approximate surface area is 154 Å². The van der Waals surface area contributed by atoms with E-state index in [0.29, 0.717) is 17.1 Å². The second-order valence-corrected chi connectivity index (χ2v) is 6.09. The molecule has 9 heteroatoms. The van der Waals surface area contributed by atoms with Gasteiger partial charge in [-0.05, 0) is 37.6 Å². The molecule has 1 aromatic carbocycles. The largest absolute Gasteiger partial charge is 0.497 e. The Morgan fingerprint density at radius 2 is 1.96 bits per heavy atom. The second-order valence-electron chi connectivity index (χ2n) is 6.09. The molecular formula is C18H18N4O5. The molecular weight excluding hydrogens is 352 g/mol. The van der Waals surface area contributed by atoms with Crippen LogP contribution >= 0.6 is 0 Å². The van der Waals surface area contributed by atoms with Gasteiger partial charge in [0.05, 0.1) is 12.8 Å². The molecule has 0 radical (unpaired) electrons. The Morgan fingerprint density at radius 1 is 1.26 bits per heavy atom. The second kappa shape index (κ2) is 7.40. The predicted molar refractivity (Wildman–Crippen MR) is 94.8 cm³/mol. The minimum absolute atomic E-state index is 0.119. The van der Waals surface area contributed by atoms with Gasteiger partial charge in [-0.15, -0.1) is 0 Å². The van der Waals surface area contributed by atoms with Crippen LogP contribution < -0.4 is 20.8 Å². The molecule has 2 heterocycles. The summed E-state index contributed by atoms with van der Waals surface area (Å²) in [5, 5.41) is 8.77. The van der Waals surface area contributed by atoms with Gasteiger partial charge in [0.2, 0.25) is 17.2 Å². The van der Waals surface area contributed by atoms with E-state index < -0.39 is 23.3 Å². The van der Waals surface area contributed by atoms with Gasteiger partial charge >= 0.3 is 0 Å². The average Bonchev–Trinajstić information content (AvgIpc) is 2.64. The maximum absolute atomic E-state index is 12.5. The molecule has 1 saturated heterocycles. The summed E-state index contributed by atoms with van der Waals surface area (Å²) in [6.45, 7) is 1.69. The maximum Gasteiger partial charge on any atom is 0.276 e. The van der Waals surface area contributed by atoms with Gasteiger partial charge in [0.1, 0.15) is 11.8 Å². The van der Waals surface area contributed by atoms with E-state index in [1.165, 1.54) is 10.7 Å². The Balaban J connectivity index is 1.88. The number of carbonyl (C=O) groups is 3. The van der Waals surface area contributed by atoms with Gasteiger partial charge in [-0.3, -0.25) is 24.5 Å². The molecule has 1 aromatic heterocycles. The van der Waals surface area contributed by atoms with E-state index in [1.54, 1.807) is 38.3 Å². The number of aromatic nitrogens is 2. The van der Waals surface area contributed by atoms with Crippen molar-refractivity contribution in [3.8, 4) is 11.4 Å². The number of benzene rings is 1. The number of ether oxygens (including phenoxy) is 1. The lowest BCUT2D eigenvalue weighted by molar-refractivity contribution is -0.134. The third kappa shape index (κ3) is 3.86. The number of hydrogen-bond donors (Lipinski definition) is 2. The van der Waals surface area contributed by atoms with E-state index in [-0.39, 0.29) is 24.4 Å². The smallest absolute Gasteiger partial charge is 0.276 e. The van der Waals surface area contributed by atoms with Crippen molar-refractivity contribution < 1.29 is 19.1 Å². The molecule has 1 atom stereocenters. The molecule has 3 amide bonds. The average molecular weight is 370 g/mol. The van der Waals surface area contributed by atoms with E-state index in [9.17, 15) is 19.2 Å². The van der Waals surface area contributed by atoms with Crippen molar-refractivity contribution in [2.24, 2.45) is 0 Å². The van der Waals surface area contributed by atoms with Crippen LogP contribution in [0.15, 0.2) is 35.1 Å². The molecule has 0 aliphatic carbocycles. The van der Waals surface area contributed by atoms with Crippen LogP contribution in [0.25, 0.3) is 5.69 Å². The van der Waals surface area contributed by atoms with Crippen molar-refractivity contribution in [3.63, 3.8) is 0 Å². The number of rotatable bonds is 4. The van der Waals surface area contributed by atoms with E-state index in [4.69, 9.17) is 4.74 Å². The van der Waals surface area contributed by atoms with Crippen LogP contribution in [0.4, 0.5) is 0 Å². The van der Waals surface area contributed by atoms with E-state index in [1.807, 2.05) is 0 Å². The fourth-order valence-corrected chi connectivity index (χ4v) is 2.75. The SMILES string of the molecule is COc1ccc(-n2nc(C(=O)NC3CCC(=O)NC3=O)c(=O)cc2C)cc1. The van der Waals surface area contributed by atoms with E-state index >= 15 is 0 Å². The summed E-state index contributed by atoms with van der Waals surface area (Å²) in [6, 6.07) is 7.37. The summed E-state index contributed by atoms with van der Waals surface area (Å²) in [5.74, 6) is -1.09. The lowest BCUT2D eigenvalue weighted by Crippen LogP contribution is -2.53. The van der Waals surface area contributed by atoms with Crippen LogP contribution in [0, 0.1) is 6.92 Å².